The van der Waals surface area contributed by atoms with Crippen LogP contribution < -0.4 is 31.2 Å². The number of carbonyl (C=O) groups excluding carboxylic acids is 1. The molecule has 2 fully saturated rings. The number of non-ortho nitro benzene ring substituents is 2. The van der Waals surface area contributed by atoms with Gasteiger partial charge >= 0.3 is 6.16 Å². The van der Waals surface area contributed by atoms with E-state index in [1.165, 1.54) is 57.9 Å². The molecule has 0 saturated heterocycles. The largest absolute Gasteiger partial charge is 0.519 e. The Morgan fingerprint density at radius 2 is 1.05 bits per heavy atom. The first kappa shape index (κ1) is 39.1. The Morgan fingerprint density at radius 3 is 1.45 bits per heavy atom. The normalized spacial score (nSPS) is 18.6. The SMILES string of the molecule is Cn1nc(Nc2cc(C3CCC(c4cc([N+](=O)[O-])ccc4OC(=O)Oc4ccc([N+](=O)[O-])cc4C4CCC(c5cc(Nc6ccc(=O)n(C)n6)n[nH]5)C4)C3)[nH]n2)ccc1=O. The van der Waals surface area contributed by atoms with Crippen LogP contribution in [0.5, 0.6) is 11.5 Å². The number of nitro groups is 2. The highest BCUT2D eigenvalue weighted by Crippen LogP contribution is 2.48. The highest BCUT2D eigenvalue weighted by molar-refractivity contribution is 5.69. The molecule has 0 spiro atoms. The Bertz CT molecular complexity index is 2560. The van der Waals surface area contributed by atoms with E-state index in [9.17, 15) is 34.6 Å². The topological polar surface area (TPSA) is 273 Å². The standard InChI is InChI=1S/C39H38N12O9/c1-48-37(52)13-11-33(46-48)40-35-19-29(42-44-35)23-5-3-21(15-23)27-17-25(50(55)56)7-9-31(27)59-39(54)60-32-10-8-26(51(57)58)18-28(32)22-4-6-24(16-22)30-20-36(45-43-30)41-34-12-14-38(53)49(2)47-34/h7-14,17-24H,3-6,15-16H2,1-2H3,(H2,40,42,44,46)(H2,41,43,45,47). The van der Waals surface area contributed by atoms with E-state index in [2.05, 4.69) is 41.2 Å². The molecule has 0 radical (unpaired) electrons. The summed E-state index contributed by atoms with van der Waals surface area (Å²) in [6.45, 7) is 0. The molecule has 2 aliphatic carbocycles. The number of nitrogens with one attached hydrogen (secondary N) is 4. The van der Waals surface area contributed by atoms with Gasteiger partial charge in [-0.2, -0.15) is 20.4 Å². The van der Waals surface area contributed by atoms with Crippen molar-refractivity contribution in [2.75, 3.05) is 10.6 Å². The second kappa shape index (κ2) is 16.3. The van der Waals surface area contributed by atoms with Gasteiger partial charge in [0.05, 0.1) is 9.85 Å². The Balaban J connectivity index is 0.961. The lowest BCUT2D eigenvalue weighted by Gasteiger charge is -2.17. The van der Waals surface area contributed by atoms with Crippen molar-refractivity contribution in [2.24, 2.45) is 14.1 Å². The number of rotatable bonds is 12. The minimum Gasteiger partial charge on any atom is -0.394 e. The van der Waals surface area contributed by atoms with E-state index in [-0.39, 0.29) is 57.7 Å². The quantitative estimate of drug-likeness (QED) is 0.0456. The number of anilines is 4. The Kier molecular flexibility index (Phi) is 10.6. The van der Waals surface area contributed by atoms with E-state index in [0.717, 1.165) is 11.4 Å². The molecular formula is C39H38N12O9. The molecule has 0 amide bonds. The van der Waals surface area contributed by atoms with Crippen molar-refractivity contribution in [1.29, 1.82) is 0 Å². The second-order valence-corrected chi connectivity index (χ2v) is 14.9. The maximum atomic E-state index is 13.5. The molecule has 308 valence electrons. The van der Waals surface area contributed by atoms with Crippen molar-refractivity contribution in [2.45, 2.75) is 62.2 Å². The molecule has 2 saturated carbocycles. The number of ether oxygens (including phenoxy) is 2. The van der Waals surface area contributed by atoms with E-state index < -0.39 is 16.0 Å². The Labute approximate surface area is 339 Å². The Morgan fingerprint density at radius 1 is 0.633 bits per heavy atom. The molecule has 4 heterocycles. The summed E-state index contributed by atoms with van der Waals surface area (Å²) in [5.41, 5.74) is 1.79. The lowest BCUT2D eigenvalue weighted by Crippen LogP contribution is -2.18. The van der Waals surface area contributed by atoms with Crippen LogP contribution in [0.25, 0.3) is 0 Å². The number of hydrogen-bond acceptors (Lipinski definition) is 15. The van der Waals surface area contributed by atoms with E-state index in [1.54, 1.807) is 26.2 Å². The number of nitrogens with zero attached hydrogens (tertiary/aromatic N) is 8. The number of hydrogen-bond donors (Lipinski definition) is 4. The number of aromatic nitrogens is 8. The lowest BCUT2D eigenvalue weighted by atomic mass is 9.94. The van der Waals surface area contributed by atoms with Gasteiger partial charge in [0.2, 0.25) is 0 Å². The zero-order chi connectivity index (χ0) is 42.1. The van der Waals surface area contributed by atoms with Crippen molar-refractivity contribution < 1.29 is 24.1 Å². The van der Waals surface area contributed by atoms with Crippen molar-refractivity contribution in [3.8, 4) is 11.5 Å². The minimum atomic E-state index is -1.10. The highest BCUT2D eigenvalue weighted by atomic mass is 16.7. The third kappa shape index (κ3) is 8.44. The van der Waals surface area contributed by atoms with Gasteiger partial charge in [-0.3, -0.25) is 40.0 Å². The van der Waals surface area contributed by atoms with Crippen molar-refractivity contribution in [3.05, 3.63) is 136 Å². The van der Waals surface area contributed by atoms with Gasteiger partial charge in [-0.05, 0) is 74.6 Å². The molecule has 2 aromatic carbocycles. The molecule has 60 heavy (non-hydrogen) atoms. The molecule has 6 aromatic rings. The molecule has 4 unspecified atom stereocenters. The van der Waals surface area contributed by atoms with Crippen LogP contribution in [-0.4, -0.2) is 56.0 Å². The second-order valence-electron chi connectivity index (χ2n) is 14.9. The van der Waals surface area contributed by atoms with Crippen LogP contribution in [0.3, 0.4) is 0 Å². The van der Waals surface area contributed by atoms with Crippen molar-refractivity contribution in [3.63, 3.8) is 0 Å². The monoisotopic (exact) mass is 818 g/mol. The average Bonchev–Trinajstić information content (AvgIpc) is 4.06. The molecule has 4 N–H and O–H groups in total. The lowest BCUT2D eigenvalue weighted by molar-refractivity contribution is -0.385. The number of carbonyl (C=O) groups is 1. The summed E-state index contributed by atoms with van der Waals surface area (Å²) >= 11 is 0. The molecule has 4 aromatic heterocycles. The highest BCUT2D eigenvalue weighted by Gasteiger charge is 2.34. The van der Waals surface area contributed by atoms with E-state index in [1.807, 2.05) is 12.1 Å². The molecular weight excluding hydrogens is 781 g/mol. The average molecular weight is 819 g/mol. The summed E-state index contributed by atoms with van der Waals surface area (Å²) in [4.78, 5) is 59.6. The molecule has 0 bridgehead atoms. The number of aromatic amines is 2. The molecule has 8 rings (SSSR count). The fourth-order valence-corrected chi connectivity index (χ4v) is 8.04. The third-order valence-corrected chi connectivity index (χ3v) is 11.0. The van der Waals surface area contributed by atoms with Gasteiger partial charge in [0.1, 0.15) is 11.5 Å². The van der Waals surface area contributed by atoms with Crippen LogP contribution in [0, 0.1) is 20.2 Å². The van der Waals surface area contributed by atoms with Gasteiger partial charge in [0.25, 0.3) is 22.5 Å². The summed E-state index contributed by atoms with van der Waals surface area (Å²) in [6, 6.07) is 17.7. The zero-order valence-corrected chi connectivity index (χ0v) is 32.2. The molecule has 0 aliphatic heterocycles. The maximum absolute atomic E-state index is 13.5. The summed E-state index contributed by atoms with van der Waals surface area (Å²) in [5.74, 6) is 1.65. The summed E-state index contributed by atoms with van der Waals surface area (Å²) in [6.07, 6.45) is 2.74. The van der Waals surface area contributed by atoms with E-state index in [4.69, 9.17) is 9.47 Å². The number of benzene rings is 2. The van der Waals surface area contributed by atoms with E-state index in [0.29, 0.717) is 72.9 Å². The van der Waals surface area contributed by atoms with Gasteiger partial charge < -0.3 is 20.1 Å². The smallest absolute Gasteiger partial charge is 0.394 e. The predicted molar refractivity (Wildman–Crippen MR) is 214 cm³/mol. The number of nitro benzene ring substituents is 2. The van der Waals surface area contributed by atoms with Crippen LogP contribution in [0.1, 0.15) is 84.7 Å². The summed E-state index contributed by atoms with van der Waals surface area (Å²) in [5, 5.41) is 52.9. The van der Waals surface area contributed by atoms with Crippen molar-refractivity contribution in [1.82, 2.24) is 40.0 Å². The van der Waals surface area contributed by atoms with Crippen LogP contribution in [0.2, 0.25) is 0 Å². The number of H-pyrrole nitrogens is 2. The third-order valence-electron chi connectivity index (χ3n) is 11.0. The number of aryl methyl sites for hydroxylation is 2. The van der Waals surface area contributed by atoms with Crippen LogP contribution in [0.4, 0.5) is 39.4 Å². The fraction of sp³-hybridized carbons (Fsp3) is 0.308. The first-order valence-electron chi connectivity index (χ1n) is 19.1. The van der Waals surface area contributed by atoms with Gasteiger partial charge in [0.15, 0.2) is 23.3 Å². The van der Waals surface area contributed by atoms with Gasteiger partial charge in [-0.1, -0.05) is 0 Å². The van der Waals surface area contributed by atoms with E-state index >= 15 is 0 Å². The van der Waals surface area contributed by atoms with Crippen LogP contribution in [0.15, 0.2) is 82.4 Å². The minimum absolute atomic E-state index is 0.00475. The van der Waals surface area contributed by atoms with Crippen LogP contribution >= 0.6 is 0 Å². The summed E-state index contributed by atoms with van der Waals surface area (Å²) in [7, 11) is 3.09. The van der Waals surface area contributed by atoms with Gasteiger partial charge in [0, 0.05) is 97.0 Å². The van der Waals surface area contributed by atoms with Gasteiger partial charge in [-0.15, -0.1) is 0 Å². The molecule has 21 heteroatoms. The summed E-state index contributed by atoms with van der Waals surface area (Å²) < 4.78 is 13.9. The van der Waals surface area contributed by atoms with Crippen molar-refractivity contribution >= 4 is 40.8 Å². The molecule has 4 atom stereocenters. The van der Waals surface area contributed by atoms with Gasteiger partial charge in [-0.25, -0.2) is 14.2 Å². The zero-order valence-electron chi connectivity index (χ0n) is 32.2. The predicted octanol–water partition coefficient (Wildman–Crippen LogP) is 6.30. The Hall–Kier alpha value is -7.71. The first-order chi connectivity index (χ1) is 28.9. The fourth-order valence-electron chi connectivity index (χ4n) is 8.04. The maximum Gasteiger partial charge on any atom is 0.519 e. The van der Waals surface area contributed by atoms with Crippen LogP contribution in [-0.2, 0) is 14.1 Å². The first-order valence-corrected chi connectivity index (χ1v) is 19.1. The molecule has 2 aliphatic rings. The molecule has 21 nitrogen and oxygen atoms in total.